The predicted molar refractivity (Wildman–Crippen MR) is 174 cm³/mol. The molecule has 2 saturated carbocycles. The minimum absolute atomic E-state index is 0.00812. The molecule has 3 fully saturated rings. The first kappa shape index (κ1) is 38.7. The molecule has 0 bridgehead atoms. The van der Waals surface area contributed by atoms with Gasteiger partial charge in [-0.1, -0.05) is 0 Å². The van der Waals surface area contributed by atoms with E-state index in [2.05, 4.69) is 10.6 Å². The molecule has 0 aromatic heterocycles. The van der Waals surface area contributed by atoms with Gasteiger partial charge in [0.15, 0.2) is 6.29 Å². The summed E-state index contributed by atoms with van der Waals surface area (Å²) in [6.07, 6.45) is -3.66. The van der Waals surface area contributed by atoms with Gasteiger partial charge >= 0.3 is 6.09 Å². The Morgan fingerprint density at radius 1 is 1.19 bits per heavy atom. The molecule has 276 valence electrons. The Kier molecular flexibility index (Phi) is 12.8. The van der Waals surface area contributed by atoms with Crippen LogP contribution in [0, 0.1) is 11.8 Å². The summed E-state index contributed by atoms with van der Waals surface area (Å²) in [7, 11) is 1.39. The zero-order valence-electron chi connectivity index (χ0n) is 28.8. The summed E-state index contributed by atoms with van der Waals surface area (Å²) < 4.78 is 23.9. The van der Waals surface area contributed by atoms with Crippen molar-refractivity contribution in [1.82, 2.24) is 15.5 Å². The quantitative estimate of drug-likeness (QED) is 0.107. The van der Waals surface area contributed by atoms with E-state index in [0.717, 1.165) is 11.4 Å². The maximum absolute atomic E-state index is 13.0. The van der Waals surface area contributed by atoms with Crippen molar-refractivity contribution < 1.29 is 49.0 Å². The lowest BCUT2D eigenvalue weighted by atomic mass is 9.72. The van der Waals surface area contributed by atoms with Crippen molar-refractivity contribution in [3.8, 4) is 0 Å². The number of carbonyl (C=O) groups is 2. The first-order valence-electron chi connectivity index (χ1n) is 17.0. The molecule has 0 aromatic carbocycles. The number of hydrogen-bond donors (Lipinski definition) is 9. The Labute approximate surface area is 282 Å². The second-order valence-electron chi connectivity index (χ2n) is 15.1. The van der Waals surface area contributed by atoms with Crippen molar-refractivity contribution in [1.29, 1.82) is 0 Å². The van der Waals surface area contributed by atoms with E-state index in [1.54, 1.807) is 20.8 Å². The molecule has 1 saturated heterocycles. The highest BCUT2D eigenvalue weighted by Crippen LogP contribution is 2.37. The van der Waals surface area contributed by atoms with E-state index >= 15 is 0 Å². The average Bonchev–Trinajstić information content (AvgIpc) is 3.81. The number of nitrogens with two attached hydrogens (primary N) is 3. The van der Waals surface area contributed by atoms with Crippen LogP contribution in [0.5, 0.6) is 0 Å². The van der Waals surface area contributed by atoms with E-state index in [4.69, 9.17) is 36.1 Å². The number of aliphatic hydroxyl groups is 4. The Morgan fingerprint density at radius 3 is 2.50 bits per heavy atom. The molecule has 2 aliphatic carbocycles. The minimum Gasteiger partial charge on any atom is -0.492 e. The van der Waals surface area contributed by atoms with Crippen molar-refractivity contribution in [3.63, 3.8) is 0 Å². The molecule has 16 nitrogen and oxygen atoms in total. The van der Waals surface area contributed by atoms with Crippen LogP contribution in [0.3, 0.4) is 0 Å². The lowest BCUT2D eigenvalue weighted by Crippen LogP contribution is -2.70. The summed E-state index contributed by atoms with van der Waals surface area (Å²) >= 11 is 0. The summed E-state index contributed by atoms with van der Waals surface area (Å²) in [6, 6.07) is -3.40. The van der Waals surface area contributed by atoms with E-state index in [9.17, 15) is 30.0 Å². The van der Waals surface area contributed by atoms with Crippen molar-refractivity contribution >= 4 is 12.0 Å². The zero-order chi connectivity index (χ0) is 35.6. The first-order valence-corrected chi connectivity index (χ1v) is 17.0. The Bertz CT molecular complexity index is 1130. The number of hydrogen-bond acceptors (Lipinski definition) is 14. The van der Waals surface area contributed by atoms with Crippen LogP contribution in [-0.4, -0.2) is 143 Å². The summed E-state index contributed by atoms with van der Waals surface area (Å²) in [5.41, 5.74) is 16.2. The number of likely N-dealkylation sites (N-methyl/N-ethyl adjacent to an activating group) is 1. The molecule has 0 aromatic rings. The molecule has 1 unspecified atom stereocenters. The lowest BCUT2D eigenvalue weighted by molar-refractivity contribution is -0.305. The normalized spacial score (nSPS) is 38.0. The molecule has 4 aliphatic rings. The highest BCUT2D eigenvalue weighted by molar-refractivity contribution is 5.80. The van der Waals surface area contributed by atoms with Crippen LogP contribution < -0.4 is 27.8 Å². The number of carbonyl (C=O) groups excluding carboxylic acids is 2. The average molecular weight is 687 g/mol. The monoisotopic (exact) mass is 686 g/mol. The Balaban J connectivity index is 1.57. The zero-order valence-corrected chi connectivity index (χ0v) is 28.8. The Hall–Kier alpha value is -2.12. The first-order chi connectivity index (χ1) is 22.4. The molecular weight excluding hydrogens is 628 g/mol. The molecule has 12 N–H and O–H groups in total. The number of amides is 2. The van der Waals surface area contributed by atoms with Gasteiger partial charge in [0.05, 0.1) is 31.3 Å². The second kappa shape index (κ2) is 15.8. The number of nitrogens with zero attached hydrogens (tertiary/aromatic N) is 1. The van der Waals surface area contributed by atoms with Crippen LogP contribution >= 0.6 is 0 Å². The van der Waals surface area contributed by atoms with E-state index in [1.807, 2.05) is 6.08 Å². The van der Waals surface area contributed by atoms with Gasteiger partial charge in [0.2, 0.25) is 5.91 Å². The molecular formula is C32H58N6O10. The molecule has 2 heterocycles. The third-order valence-electron chi connectivity index (χ3n) is 9.52. The topological polar surface area (TPSA) is 257 Å². The Morgan fingerprint density at radius 2 is 1.88 bits per heavy atom. The van der Waals surface area contributed by atoms with E-state index in [-0.39, 0.29) is 26.0 Å². The van der Waals surface area contributed by atoms with Crippen molar-refractivity contribution in [2.75, 3.05) is 33.3 Å². The van der Waals surface area contributed by atoms with Gasteiger partial charge in [-0.05, 0) is 84.9 Å². The fourth-order valence-electron chi connectivity index (χ4n) is 6.85. The largest absolute Gasteiger partial charge is 0.492 e. The molecule has 4 rings (SSSR count). The summed E-state index contributed by atoms with van der Waals surface area (Å²) in [5, 5.41) is 51.1. The molecule has 16 heteroatoms. The van der Waals surface area contributed by atoms with Crippen LogP contribution in [-0.2, 0) is 23.7 Å². The summed E-state index contributed by atoms with van der Waals surface area (Å²) in [5.74, 6) is -0.118. The summed E-state index contributed by atoms with van der Waals surface area (Å²) in [4.78, 5) is 27.0. The minimum atomic E-state index is -1.71. The predicted octanol–water partition coefficient (Wildman–Crippen LogP) is -2.02. The second-order valence-corrected chi connectivity index (χ2v) is 15.1. The van der Waals surface area contributed by atoms with E-state index in [0.29, 0.717) is 24.6 Å². The van der Waals surface area contributed by atoms with Crippen LogP contribution in [0.25, 0.3) is 0 Å². The highest BCUT2D eigenvalue weighted by atomic mass is 16.7. The van der Waals surface area contributed by atoms with Gasteiger partial charge < -0.3 is 72.1 Å². The molecule has 12 atom stereocenters. The maximum Gasteiger partial charge on any atom is 0.410 e. The molecule has 2 aliphatic heterocycles. The SMILES string of the molecule is CN(C(=O)OC(C)(C)C)[C@@H]1[C@@H](O)[C@@H](O[C@@H]2[C@@H](O)[C@H](C3OC(CNCC4CC4)=CC[C@H]3N)[C@@H](N)C[C@H]2NC(=O)[C@H](O)CCN)OC[C@]1(C)O. The fourth-order valence-corrected chi connectivity index (χ4v) is 6.85. The van der Waals surface area contributed by atoms with Gasteiger partial charge in [-0.25, -0.2) is 4.79 Å². The van der Waals surface area contributed by atoms with Gasteiger partial charge in [0.1, 0.15) is 41.4 Å². The smallest absolute Gasteiger partial charge is 0.410 e. The molecule has 0 spiro atoms. The maximum atomic E-state index is 13.0. The van der Waals surface area contributed by atoms with Gasteiger partial charge in [0.25, 0.3) is 0 Å². The van der Waals surface area contributed by atoms with E-state index in [1.165, 1.54) is 26.8 Å². The van der Waals surface area contributed by atoms with Crippen LogP contribution in [0.2, 0.25) is 0 Å². The van der Waals surface area contributed by atoms with Gasteiger partial charge in [-0.3, -0.25) is 4.79 Å². The number of nitrogens with one attached hydrogen (secondary N) is 2. The van der Waals surface area contributed by atoms with Crippen LogP contribution in [0.15, 0.2) is 11.8 Å². The number of aliphatic hydroxyl groups excluding tert-OH is 3. The fraction of sp³-hybridized carbons (Fsp3) is 0.875. The molecule has 48 heavy (non-hydrogen) atoms. The molecule has 0 radical (unpaired) electrons. The molecule has 2 amide bonds. The van der Waals surface area contributed by atoms with Crippen LogP contribution in [0.1, 0.15) is 59.8 Å². The van der Waals surface area contributed by atoms with Gasteiger partial charge in [-0.15, -0.1) is 0 Å². The van der Waals surface area contributed by atoms with E-state index < -0.39 is 90.1 Å². The third-order valence-corrected chi connectivity index (χ3v) is 9.52. The van der Waals surface area contributed by atoms with Crippen molar-refractivity contribution in [2.45, 2.75) is 132 Å². The van der Waals surface area contributed by atoms with Crippen LogP contribution in [0.4, 0.5) is 4.79 Å². The third kappa shape index (κ3) is 9.56. The van der Waals surface area contributed by atoms with Crippen molar-refractivity contribution in [2.24, 2.45) is 29.0 Å². The number of ether oxygens (including phenoxy) is 4. The highest BCUT2D eigenvalue weighted by Gasteiger charge is 2.55. The van der Waals surface area contributed by atoms with Crippen molar-refractivity contribution in [3.05, 3.63) is 11.8 Å². The standard InChI is InChI=1S/C32H58N6O10/c1-31(2,3)48-30(43)38(5)27-24(41)29(45-15-32(27,4)44)47-26-20(37-28(42)21(39)10-11-33)12-19(35)22(23(26)40)25-18(34)9-8-17(46-25)14-36-13-16-6-7-16/h8,16,18-27,29,36,39-41,44H,6-7,9-15,33-35H2,1-5H3,(H,37,42)/t18-,19+,20-,21-,22-,23+,24-,25?,26+,27-,29-,32+/m1/s1. The van der Waals surface area contributed by atoms with Gasteiger partial charge in [-0.2, -0.15) is 0 Å². The number of rotatable bonds is 12. The van der Waals surface area contributed by atoms with Gasteiger partial charge in [0, 0.05) is 25.0 Å². The summed E-state index contributed by atoms with van der Waals surface area (Å²) in [6.45, 7) is 7.61. The lowest BCUT2D eigenvalue weighted by Gasteiger charge is -2.51.